The smallest absolute Gasteiger partial charge is 0.319 e. The molecule has 6 saturated heterocycles. The SMILES string of the molecule is CC1=NCCCCN1C.CC1=NCCCN1C.CC1=NCCN1C.CN1CCCCN(C)C1=O.CN1CCCCN(C)S1(=O)=O.CN1CCCN(C)C1=O.CN1CCCN(C)S1(=O)=O.CN1CCN(C)C1=O.CN1CCN(C)S1(=O)=O. The van der Waals surface area contributed by atoms with Crippen LogP contribution in [0.1, 0.15) is 78.6 Å². The first kappa shape index (κ1) is 74.8. The van der Waals surface area contributed by atoms with Crippen molar-refractivity contribution in [2.24, 2.45) is 15.0 Å². The number of hydrogen-bond donors (Lipinski definition) is 0. The Hall–Kier alpha value is -4.17. The Bertz CT molecular complexity index is 2250. The second-order valence-electron chi connectivity index (χ2n) is 21.6. The standard InChI is InChI=1S/C7H14N2O.C7H14N2.C6H14N2O2S.C6H12N2O.C6H12N2.C5H12N2O2S.C5H10N2O.C5H10N2.C4H10N2O2S/c1-8-5-3-4-6-9(2)7(8)10;1-7-8-5-3-4-6-9(7)2;1-7-5-3-4-6-8(2)11(7,9)10;1-7-4-3-5-8(2)6(7)9;1-6-7-4-3-5-8(6)2;1-6-4-3-5-7(2)10(6,8)9;1-6-3-4-7(2)5(6)8;1-5-6-3-4-7(5)2;1-5-3-4-6(2)9(5,7)8/h3-6H2,1-2H3;3-6H2,1-2H3;3-6H2,1-2H3;3-5H2,1-2H3;3-5H2,1-2H3;3-5H2,1-2H3;3-4H2,1-2H3;3-4H2,1-2H3;3-4H2,1-2H3. The fourth-order valence-corrected chi connectivity index (χ4v) is 11.8. The maximum Gasteiger partial charge on any atom is 0.319 e. The molecule has 9 rings (SSSR count). The van der Waals surface area contributed by atoms with E-state index in [4.69, 9.17) is 0 Å². The first-order chi connectivity index (χ1) is 37.7. The average molecular weight is 1210 g/mol. The zero-order chi connectivity index (χ0) is 61.8. The normalized spacial score (nSPS) is 23.7. The molecule has 9 heterocycles. The third kappa shape index (κ3) is 26.5. The van der Waals surface area contributed by atoms with Crippen molar-refractivity contribution in [1.82, 2.24) is 69.9 Å². The van der Waals surface area contributed by atoms with Crippen molar-refractivity contribution < 1.29 is 39.6 Å². The molecule has 6 fully saturated rings. The molecule has 6 amide bonds. The van der Waals surface area contributed by atoms with Crippen molar-refractivity contribution in [2.45, 2.75) is 78.6 Å². The Morgan fingerprint density at radius 3 is 0.765 bits per heavy atom. The number of urea groups is 3. The summed E-state index contributed by atoms with van der Waals surface area (Å²) < 4.78 is 75.2. The number of aliphatic imine (C=N–C) groups is 3. The summed E-state index contributed by atoms with van der Waals surface area (Å²) in [5, 5.41) is 0. The summed E-state index contributed by atoms with van der Waals surface area (Å²) in [4.78, 5) is 62.7. The molecule has 0 atom stereocenters. The number of hydrogen-bond acceptors (Lipinski definition) is 15. The fraction of sp³-hybridized carbons (Fsp3) is 0.882. The van der Waals surface area contributed by atoms with Crippen LogP contribution in [0, 0.1) is 0 Å². The molecule has 9 aliphatic rings. The van der Waals surface area contributed by atoms with Crippen molar-refractivity contribution >= 4 is 66.2 Å². The number of amides is 6. The van der Waals surface area contributed by atoms with Gasteiger partial charge in [-0.1, -0.05) is 0 Å². The molecule has 0 aliphatic carbocycles. The topological polar surface area (TPSA) is 239 Å². The lowest BCUT2D eigenvalue weighted by atomic mass is 10.3. The number of nitrogens with zero attached hydrogens (tertiary/aromatic N) is 18. The lowest BCUT2D eigenvalue weighted by Gasteiger charge is -2.30. The lowest BCUT2D eigenvalue weighted by Crippen LogP contribution is -2.45. The first-order valence-electron chi connectivity index (χ1n) is 28.3. The van der Waals surface area contributed by atoms with Gasteiger partial charge in [0.15, 0.2) is 0 Å². The van der Waals surface area contributed by atoms with Crippen LogP contribution in [0.4, 0.5) is 14.4 Å². The molecule has 27 nitrogen and oxygen atoms in total. The molecular weight excluding hydrogens is 1100 g/mol. The monoisotopic (exact) mass is 1210 g/mol. The quantitative estimate of drug-likeness (QED) is 0.338. The lowest BCUT2D eigenvalue weighted by molar-refractivity contribution is 0.153. The van der Waals surface area contributed by atoms with Crippen molar-refractivity contribution in [3.63, 3.8) is 0 Å². The van der Waals surface area contributed by atoms with Crippen LogP contribution in [0.15, 0.2) is 15.0 Å². The van der Waals surface area contributed by atoms with Crippen LogP contribution in [0.25, 0.3) is 0 Å². The van der Waals surface area contributed by atoms with E-state index < -0.39 is 30.6 Å². The molecule has 0 aromatic rings. The van der Waals surface area contributed by atoms with Gasteiger partial charge < -0.3 is 44.1 Å². The van der Waals surface area contributed by atoms with E-state index in [0.717, 1.165) is 104 Å². The summed E-state index contributed by atoms with van der Waals surface area (Å²) in [6.07, 6.45) is 9.96. The molecule has 9 aliphatic heterocycles. The molecule has 30 heteroatoms. The Balaban J connectivity index is 0.000000457. The van der Waals surface area contributed by atoms with E-state index >= 15 is 0 Å². The minimum atomic E-state index is -3.11. The van der Waals surface area contributed by atoms with Gasteiger partial charge in [0, 0.05) is 217 Å². The molecule has 0 aromatic carbocycles. The van der Waals surface area contributed by atoms with Crippen LogP contribution in [0.5, 0.6) is 0 Å². The van der Waals surface area contributed by atoms with Crippen molar-refractivity contribution in [3.05, 3.63) is 0 Å². The van der Waals surface area contributed by atoms with Gasteiger partial charge in [0.25, 0.3) is 30.6 Å². The highest BCUT2D eigenvalue weighted by atomic mass is 32.2. The highest BCUT2D eigenvalue weighted by Gasteiger charge is 2.30. The van der Waals surface area contributed by atoms with Crippen LogP contribution in [0.2, 0.25) is 0 Å². The van der Waals surface area contributed by atoms with Crippen molar-refractivity contribution in [2.75, 3.05) is 224 Å². The van der Waals surface area contributed by atoms with Crippen LogP contribution in [-0.4, -0.2) is 354 Å². The van der Waals surface area contributed by atoms with Gasteiger partial charge in [0.1, 0.15) is 0 Å². The van der Waals surface area contributed by atoms with E-state index in [-0.39, 0.29) is 18.1 Å². The van der Waals surface area contributed by atoms with Gasteiger partial charge in [-0.2, -0.15) is 51.1 Å². The zero-order valence-corrected chi connectivity index (χ0v) is 55.5. The van der Waals surface area contributed by atoms with Gasteiger partial charge in [-0.25, -0.2) is 14.4 Å². The fourth-order valence-electron chi connectivity index (χ4n) is 8.32. The predicted octanol–water partition coefficient (Wildman–Crippen LogP) is 1.84. The number of carbonyl (C=O) groups is 3. The minimum absolute atomic E-state index is 0.130. The molecule has 0 unspecified atom stereocenters. The number of likely N-dealkylation sites (N-methyl/N-ethyl adjacent to an activating group) is 5. The van der Waals surface area contributed by atoms with Crippen molar-refractivity contribution in [3.8, 4) is 0 Å². The van der Waals surface area contributed by atoms with Crippen LogP contribution in [-0.2, 0) is 30.6 Å². The van der Waals surface area contributed by atoms with Crippen molar-refractivity contribution in [1.29, 1.82) is 0 Å². The molecule has 0 saturated carbocycles. The largest absolute Gasteiger partial charge is 0.364 e. The third-order valence-corrected chi connectivity index (χ3v) is 20.7. The van der Waals surface area contributed by atoms with Crippen LogP contribution in [0.3, 0.4) is 0 Å². The predicted molar refractivity (Wildman–Crippen MR) is 328 cm³/mol. The van der Waals surface area contributed by atoms with E-state index in [1.807, 2.05) is 49.2 Å². The highest BCUT2D eigenvalue weighted by Crippen LogP contribution is 2.13. The summed E-state index contributed by atoms with van der Waals surface area (Å²) in [5.74, 6) is 3.53. The van der Waals surface area contributed by atoms with Gasteiger partial charge in [0.2, 0.25) is 0 Å². The molecule has 0 N–H and O–H groups in total. The van der Waals surface area contributed by atoms with Gasteiger partial charge >= 0.3 is 18.1 Å². The Kier molecular flexibility index (Phi) is 34.4. The van der Waals surface area contributed by atoms with Crippen LogP contribution >= 0.6 is 0 Å². The minimum Gasteiger partial charge on any atom is -0.364 e. The number of rotatable bonds is 0. The van der Waals surface area contributed by atoms with Gasteiger partial charge in [0.05, 0.1) is 24.1 Å². The molecule has 0 radical (unpaired) electrons. The maximum atomic E-state index is 11.4. The summed E-state index contributed by atoms with van der Waals surface area (Å²) in [6.45, 7) is 21.8. The van der Waals surface area contributed by atoms with Gasteiger partial charge in [-0.05, 0) is 78.6 Å². The van der Waals surface area contributed by atoms with E-state index in [9.17, 15) is 39.6 Å². The van der Waals surface area contributed by atoms with Gasteiger partial charge in [-0.3, -0.25) is 15.0 Å². The number of amidine groups is 3. The maximum absolute atomic E-state index is 11.4. The van der Waals surface area contributed by atoms with E-state index in [1.54, 1.807) is 71.7 Å². The third-order valence-electron chi connectivity index (χ3n) is 14.9. The summed E-state index contributed by atoms with van der Waals surface area (Å²) in [6, 6.07) is 0.420. The molecule has 0 spiro atoms. The van der Waals surface area contributed by atoms with E-state index in [2.05, 4.69) is 64.7 Å². The van der Waals surface area contributed by atoms with E-state index in [0.29, 0.717) is 39.3 Å². The molecule has 0 aromatic heterocycles. The number of carbonyl (C=O) groups excluding carboxylic acids is 3. The molecule has 0 bridgehead atoms. The Labute approximate surface area is 490 Å². The second-order valence-corrected chi connectivity index (χ2v) is 28.0. The summed E-state index contributed by atoms with van der Waals surface area (Å²) >= 11 is 0. The van der Waals surface area contributed by atoms with Crippen LogP contribution < -0.4 is 0 Å². The summed E-state index contributed by atoms with van der Waals surface area (Å²) in [7, 11) is 17.6. The average Bonchev–Trinajstić information content (AvgIpc) is 3.88. The molecule has 474 valence electrons. The zero-order valence-electron chi connectivity index (χ0n) is 53.0. The first-order valence-corrected chi connectivity index (χ1v) is 32.5. The second kappa shape index (κ2) is 37.2. The van der Waals surface area contributed by atoms with Gasteiger partial charge in [-0.15, -0.1) is 0 Å². The molecular formula is C51H108N18O9S3. The molecule has 81 heavy (non-hydrogen) atoms. The van der Waals surface area contributed by atoms with E-state index in [1.165, 1.54) is 75.7 Å². The Morgan fingerprint density at radius 1 is 0.247 bits per heavy atom. The summed E-state index contributed by atoms with van der Waals surface area (Å²) in [5.41, 5.74) is 0. The highest BCUT2D eigenvalue weighted by molar-refractivity contribution is 7.87. The Morgan fingerprint density at radius 2 is 0.469 bits per heavy atom.